The average Bonchev–Trinajstić information content (AvgIpc) is 1.95. The number of rotatable bonds is 1. The highest BCUT2D eigenvalue weighted by atomic mass is 32.1. The van der Waals surface area contributed by atoms with Crippen molar-refractivity contribution in [2.75, 3.05) is 0 Å². The molecule has 0 aromatic heterocycles. The third kappa shape index (κ3) is 1.24. The molecule has 1 aromatic carbocycles. The van der Waals surface area contributed by atoms with Gasteiger partial charge in [-0.3, -0.25) is 0 Å². The molecule has 0 atom stereocenters. The van der Waals surface area contributed by atoms with Crippen LogP contribution in [0.4, 0.5) is 4.39 Å². The molecule has 0 fully saturated rings. The van der Waals surface area contributed by atoms with Gasteiger partial charge in [-0.25, -0.2) is 4.39 Å². The van der Waals surface area contributed by atoms with Crippen molar-refractivity contribution in [3.63, 3.8) is 0 Å². The number of hydrogen-bond acceptors (Lipinski definition) is 2. The molecular weight excluding hydrogens is 151 g/mol. The summed E-state index contributed by atoms with van der Waals surface area (Å²) in [5, 5.41) is 8.97. The number of halogens is 1. The number of para-hydroxylation sites is 1. The van der Waals surface area contributed by atoms with E-state index in [9.17, 15) is 4.39 Å². The normalized spacial score (nSPS) is 9.80. The third-order valence-electron chi connectivity index (χ3n) is 1.24. The van der Waals surface area contributed by atoms with Crippen LogP contribution in [0, 0.1) is 5.82 Å². The SMILES string of the molecule is Oc1c(F)cccc1CS. The van der Waals surface area contributed by atoms with E-state index in [0.29, 0.717) is 11.3 Å². The summed E-state index contributed by atoms with van der Waals surface area (Å²) >= 11 is 3.90. The van der Waals surface area contributed by atoms with Gasteiger partial charge in [0.2, 0.25) is 0 Å². The van der Waals surface area contributed by atoms with Gasteiger partial charge in [-0.2, -0.15) is 12.6 Å². The van der Waals surface area contributed by atoms with Gasteiger partial charge < -0.3 is 5.11 Å². The smallest absolute Gasteiger partial charge is 0.165 e. The third-order valence-corrected chi connectivity index (χ3v) is 1.58. The van der Waals surface area contributed by atoms with Crippen molar-refractivity contribution >= 4 is 12.6 Å². The molecule has 0 spiro atoms. The molecule has 1 rings (SSSR count). The maximum absolute atomic E-state index is 12.5. The van der Waals surface area contributed by atoms with E-state index in [2.05, 4.69) is 12.6 Å². The second-order valence-electron chi connectivity index (χ2n) is 1.91. The fourth-order valence-electron chi connectivity index (χ4n) is 0.688. The van der Waals surface area contributed by atoms with E-state index >= 15 is 0 Å². The molecule has 0 amide bonds. The minimum Gasteiger partial charge on any atom is -0.505 e. The lowest BCUT2D eigenvalue weighted by molar-refractivity contribution is 0.428. The molecule has 0 heterocycles. The van der Waals surface area contributed by atoms with E-state index in [1.807, 2.05) is 0 Å². The van der Waals surface area contributed by atoms with Crippen LogP contribution in [0.5, 0.6) is 5.75 Å². The largest absolute Gasteiger partial charge is 0.505 e. The zero-order chi connectivity index (χ0) is 7.56. The molecule has 54 valence electrons. The van der Waals surface area contributed by atoms with Crippen molar-refractivity contribution in [1.29, 1.82) is 0 Å². The molecule has 0 bridgehead atoms. The Hall–Kier alpha value is -0.700. The molecule has 0 aliphatic carbocycles. The van der Waals surface area contributed by atoms with Gasteiger partial charge >= 0.3 is 0 Å². The molecule has 0 saturated heterocycles. The first-order chi connectivity index (χ1) is 4.75. The molecular formula is C7H7FOS. The van der Waals surface area contributed by atoms with Gasteiger partial charge in [0.25, 0.3) is 0 Å². The molecule has 3 heteroatoms. The lowest BCUT2D eigenvalue weighted by Gasteiger charge is -1.99. The molecule has 10 heavy (non-hydrogen) atoms. The Morgan fingerprint density at radius 1 is 1.50 bits per heavy atom. The van der Waals surface area contributed by atoms with Crippen LogP contribution < -0.4 is 0 Å². The number of hydrogen-bond donors (Lipinski definition) is 2. The van der Waals surface area contributed by atoms with E-state index in [-0.39, 0.29) is 5.75 Å². The van der Waals surface area contributed by atoms with Crippen LogP contribution in [-0.4, -0.2) is 5.11 Å². The Morgan fingerprint density at radius 2 is 2.20 bits per heavy atom. The first kappa shape index (κ1) is 7.41. The highest BCUT2D eigenvalue weighted by Crippen LogP contribution is 2.21. The Bertz CT molecular complexity index is 237. The summed E-state index contributed by atoms with van der Waals surface area (Å²) in [6.45, 7) is 0. The topological polar surface area (TPSA) is 20.2 Å². The van der Waals surface area contributed by atoms with Crippen LogP contribution in [0.15, 0.2) is 18.2 Å². The van der Waals surface area contributed by atoms with E-state index in [1.54, 1.807) is 12.1 Å². The summed E-state index contributed by atoms with van der Waals surface area (Å²) in [6, 6.07) is 4.38. The van der Waals surface area contributed by atoms with Gasteiger partial charge in [0.05, 0.1) is 0 Å². The number of thiol groups is 1. The van der Waals surface area contributed by atoms with Crippen molar-refractivity contribution in [2.24, 2.45) is 0 Å². The fourth-order valence-corrected chi connectivity index (χ4v) is 0.943. The molecule has 1 N–H and O–H groups in total. The van der Waals surface area contributed by atoms with Crippen LogP contribution in [0.1, 0.15) is 5.56 Å². The number of benzene rings is 1. The molecule has 1 nitrogen and oxygen atoms in total. The Labute approximate surface area is 63.9 Å². The summed E-state index contributed by atoms with van der Waals surface area (Å²) < 4.78 is 12.5. The predicted molar refractivity (Wildman–Crippen MR) is 40.8 cm³/mol. The maximum Gasteiger partial charge on any atom is 0.165 e. The number of aromatic hydroxyl groups is 1. The molecule has 0 unspecified atom stereocenters. The number of phenolic OH excluding ortho intramolecular Hbond substituents is 1. The van der Waals surface area contributed by atoms with Crippen molar-refractivity contribution in [2.45, 2.75) is 5.75 Å². The van der Waals surface area contributed by atoms with Gasteiger partial charge in [0.15, 0.2) is 11.6 Å². The van der Waals surface area contributed by atoms with Crippen LogP contribution in [0.2, 0.25) is 0 Å². The first-order valence-electron chi connectivity index (χ1n) is 2.83. The molecule has 0 aliphatic rings. The molecule has 0 radical (unpaired) electrons. The zero-order valence-corrected chi connectivity index (χ0v) is 6.11. The summed E-state index contributed by atoms with van der Waals surface area (Å²) in [5.74, 6) is -0.534. The minimum atomic E-state index is -0.591. The van der Waals surface area contributed by atoms with Crippen molar-refractivity contribution in [3.8, 4) is 5.75 Å². The van der Waals surface area contributed by atoms with E-state index < -0.39 is 5.82 Å². The van der Waals surface area contributed by atoms with E-state index in [0.717, 1.165) is 0 Å². The summed E-state index contributed by atoms with van der Waals surface area (Å²) in [5.41, 5.74) is 0.517. The predicted octanol–water partition coefficient (Wildman–Crippen LogP) is 1.96. The van der Waals surface area contributed by atoms with Crippen LogP contribution >= 0.6 is 12.6 Å². The van der Waals surface area contributed by atoms with Gasteiger partial charge in [0.1, 0.15) is 0 Å². The summed E-state index contributed by atoms with van der Waals surface area (Å²) in [6.07, 6.45) is 0. The van der Waals surface area contributed by atoms with Crippen molar-refractivity contribution in [3.05, 3.63) is 29.6 Å². The van der Waals surface area contributed by atoms with Gasteiger partial charge in [-0.05, 0) is 6.07 Å². The Kier molecular flexibility index (Phi) is 2.17. The van der Waals surface area contributed by atoms with Crippen LogP contribution in [-0.2, 0) is 5.75 Å². The standard InChI is InChI=1S/C7H7FOS/c8-6-3-1-2-5(4-10)7(6)9/h1-3,9-10H,4H2. The number of phenols is 1. The Morgan fingerprint density at radius 3 is 2.70 bits per heavy atom. The van der Waals surface area contributed by atoms with Crippen molar-refractivity contribution in [1.82, 2.24) is 0 Å². The second kappa shape index (κ2) is 2.92. The van der Waals surface area contributed by atoms with Crippen molar-refractivity contribution < 1.29 is 9.50 Å². The highest BCUT2D eigenvalue weighted by molar-refractivity contribution is 7.79. The summed E-state index contributed by atoms with van der Waals surface area (Å²) in [4.78, 5) is 0. The van der Waals surface area contributed by atoms with Gasteiger partial charge in [-0.15, -0.1) is 0 Å². The average molecular weight is 158 g/mol. The van der Waals surface area contributed by atoms with Crippen LogP contribution in [0.25, 0.3) is 0 Å². The highest BCUT2D eigenvalue weighted by Gasteiger charge is 2.02. The monoisotopic (exact) mass is 158 g/mol. The van der Waals surface area contributed by atoms with Gasteiger partial charge in [-0.1, -0.05) is 12.1 Å². The molecule has 1 aromatic rings. The lowest BCUT2D eigenvalue weighted by Crippen LogP contribution is -1.82. The zero-order valence-electron chi connectivity index (χ0n) is 5.21. The maximum atomic E-state index is 12.5. The minimum absolute atomic E-state index is 0.294. The van der Waals surface area contributed by atoms with Gasteiger partial charge in [0, 0.05) is 11.3 Å². The van der Waals surface area contributed by atoms with Crippen LogP contribution in [0.3, 0.4) is 0 Å². The lowest BCUT2D eigenvalue weighted by atomic mass is 10.2. The quantitative estimate of drug-likeness (QED) is 0.599. The fraction of sp³-hybridized carbons (Fsp3) is 0.143. The summed E-state index contributed by atoms with van der Waals surface area (Å²) in [7, 11) is 0. The second-order valence-corrected chi connectivity index (χ2v) is 2.22. The van der Waals surface area contributed by atoms with E-state index in [1.165, 1.54) is 6.07 Å². The molecule has 0 saturated carbocycles. The Balaban J connectivity index is 3.14. The van der Waals surface area contributed by atoms with E-state index in [4.69, 9.17) is 5.11 Å². The molecule has 0 aliphatic heterocycles. The first-order valence-corrected chi connectivity index (χ1v) is 3.46.